The third kappa shape index (κ3) is 1.91. The zero-order valence-electron chi connectivity index (χ0n) is 9.69. The van der Waals surface area contributed by atoms with E-state index in [4.69, 9.17) is 9.15 Å². The molecule has 0 aliphatic carbocycles. The molecule has 0 spiro atoms. The summed E-state index contributed by atoms with van der Waals surface area (Å²) in [5.41, 5.74) is 1.98. The molecule has 1 aliphatic heterocycles. The third-order valence-corrected chi connectivity index (χ3v) is 2.92. The van der Waals surface area contributed by atoms with Crippen LogP contribution in [0.25, 0.3) is 11.5 Å². The highest BCUT2D eigenvalue weighted by molar-refractivity contribution is 5.56. The summed E-state index contributed by atoms with van der Waals surface area (Å²) < 4.78 is 11.0. The van der Waals surface area contributed by atoms with Crippen molar-refractivity contribution in [3.63, 3.8) is 0 Å². The van der Waals surface area contributed by atoms with Crippen LogP contribution in [0.3, 0.4) is 0 Å². The van der Waals surface area contributed by atoms with E-state index in [1.165, 1.54) is 0 Å². The van der Waals surface area contributed by atoms with E-state index in [0.29, 0.717) is 5.89 Å². The van der Waals surface area contributed by atoms with Crippen LogP contribution in [0.4, 0.5) is 0 Å². The minimum atomic E-state index is 0.678. The Labute approximate surface area is 99.6 Å². The first kappa shape index (κ1) is 10.4. The van der Waals surface area contributed by atoms with Gasteiger partial charge < -0.3 is 14.5 Å². The van der Waals surface area contributed by atoms with Crippen LogP contribution in [0.2, 0.25) is 0 Å². The Hall–Kier alpha value is -1.81. The average Bonchev–Trinajstić information content (AvgIpc) is 2.82. The molecule has 1 aliphatic rings. The molecule has 88 valence electrons. The second-order valence-electron chi connectivity index (χ2n) is 4.05. The van der Waals surface area contributed by atoms with Crippen LogP contribution >= 0.6 is 0 Å². The van der Waals surface area contributed by atoms with Gasteiger partial charge in [0.25, 0.3) is 0 Å². The normalized spacial score (nSPS) is 14.4. The molecule has 0 saturated carbocycles. The second-order valence-corrected chi connectivity index (χ2v) is 4.05. The summed E-state index contributed by atoms with van der Waals surface area (Å²) >= 11 is 0. The average molecular weight is 230 g/mol. The fourth-order valence-electron chi connectivity index (χ4n) is 2.01. The molecule has 2 heterocycles. The zero-order valence-corrected chi connectivity index (χ0v) is 9.69. The SMILES string of the molecule is COc1cccc(-c2nc3c(o2)CCNC3)c1. The molecule has 0 atom stereocenters. The monoisotopic (exact) mass is 230 g/mol. The fraction of sp³-hybridized carbons (Fsp3) is 0.308. The first-order valence-corrected chi connectivity index (χ1v) is 5.70. The van der Waals surface area contributed by atoms with Gasteiger partial charge in [0.15, 0.2) is 0 Å². The Bertz CT molecular complexity index is 510. The molecule has 0 bridgehead atoms. The Morgan fingerprint density at radius 1 is 1.41 bits per heavy atom. The molecule has 1 N–H and O–H groups in total. The van der Waals surface area contributed by atoms with Crippen molar-refractivity contribution >= 4 is 0 Å². The van der Waals surface area contributed by atoms with E-state index in [0.717, 1.165) is 42.3 Å². The van der Waals surface area contributed by atoms with Crippen molar-refractivity contribution in [1.29, 1.82) is 0 Å². The lowest BCUT2D eigenvalue weighted by Crippen LogP contribution is -2.22. The molecule has 0 amide bonds. The topological polar surface area (TPSA) is 47.3 Å². The van der Waals surface area contributed by atoms with Crippen LogP contribution in [-0.4, -0.2) is 18.6 Å². The molecule has 1 aromatic carbocycles. The molecule has 0 unspecified atom stereocenters. The minimum Gasteiger partial charge on any atom is -0.497 e. The third-order valence-electron chi connectivity index (χ3n) is 2.92. The number of nitrogens with one attached hydrogen (secondary N) is 1. The number of fused-ring (bicyclic) bond motifs is 1. The van der Waals surface area contributed by atoms with Crippen LogP contribution in [0.5, 0.6) is 5.75 Å². The molecule has 4 heteroatoms. The molecule has 0 radical (unpaired) electrons. The van der Waals surface area contributed by atoms with E-state index in [1.54, 1.807) is 7.11 Å². The van der Waals surface area contributed by atoms with Gasteiger partial charge >= 0.3 is 0 Å². The summed E-state index contributed by atoms with van der Waals surface area (Å²) in [6.45, 7) is 1.75. The summed E-state index contributed by atoms with van der Waals surface area (Å²) in [5, 5.41) is 3.28. The van der Waals surface area contributed by atoms with Gasteiger partial charge in [-0.1, -0.05) is 6.07 Å². The lowest BCUT2D eigenvalue weighted by atomic mass is 10.2. The molecule has 1 aromatic heterocycles. The Morgan fingerprint density at radius 3 is 3.18 bits per heavy atom. The highest BCUT2D eigenvalue weighted by Gasteiger charge is 2.17. The summed E-state index contributed by atoms with van der Waals surface area (Å²) in [6, 6.07) is 7.77. The molecule has 0 fully saturated rings. The highest BCUT2D eigenvalue weighted by Crippen LogP contribution is 2.26. The first-order chi connectivity index (χ1) is 8.36. The number of benzene rings is 1. The van der Waals surface area contributed by atoms with Gasteiger partial charge in [-0.15, -0.1) is 0 Å². The maximum Gasteiger partial charge on any atom is 0.226 e. The predicted octanol–water partition coefficient (Wildman–Crippen LogP) is 2.00. The molecular weight excluding hydrogens is 216 g/mol. The number of hydrogen-bond donors (Lipinski definition) is 1. The smallest absolute Gasteiger partial charge is 0.226 e. The Balaban J connectivity index is 2.00. The molecule has 4 nitrogen and oxygen atoms in total. The molecule has 2 aromatic rings. The van der Waals surface area contributed by atoms with E-state index < -0.39 is 0 Å². The van der Waals surface area contributed by atoms with Crippen LogP contribution in [0.1, 0.15) is 11.5 Å². The largest absolute Gasteiger partial charge is 0.497 e. The number of nitrogens with zero attached hydrogens (tertiary/aromatic N) is 1. The fourth-order valence-corrected chi connectivity index (χ4v) is 2.01. The number of methoxy groups -OCH3 is 1. The van der Waals surface area contributed by atoms with Crippen LogP contribution in [0.15, 0.2) is 28.7 Å². The Kier molecular flexibility index (Phi) is 2.57. The summed E-state index contributed by atoms with van der Waals surface area (Å²) in [7, 11) is 1.66. The van der Waals surface area contributed by atoms with Gasteiger partial charge in [0.1, 0.15) is 11.5 Å². The number of ether oxygens (including phenoxy) is 1. The molecule has 3 rings (SSSR count). The van der Waals surface area contributed by atoms with Crippen molar-refractivity contribution in [2.75, 3.05) is 13.7 Å². The van der Waals surface area contributed by atoms with Crippen LogP contribution in [-0.2, 0) is 13.0 Å². The number of rotatable bonds is 2. The van der Waals surface area contributed by atoms with E-state index >= 15 is 0 Å². The van der Waals surface area contributed by atoms with Gasteiger partial charge in [-0.05, 0) is 18.2 Å². The van der Waals surface area contributed by atoms with Crippen molar-refractivity contribution in [1.82, 2.24) is 10.3 Å². The lowest BCUT2D eigenvalue weighted by Gasteiger charge is -2.08. The quantitative estimate of drug-likeness (QED) is 0.857. The van der Waals surface area contributed by atoms with Crippen LogP contribution < -0.4 is 10.1 Å². The van der Waals surface area contributed by atoms with Crippen molar-refractivity contribution in [3.05, 3.63) is 35.7 Å². The maximum absolute atomic E-state index is 5.78. The zero-order chi connectivity index (χ0) is 11.7. The van der Waals surface area contributed by atoms with Crippen molar-refractivity contribution in [2.24, 2.45) is 0 Å². The van der Waals surface area contributed by atoms with E-state index in [9.17, 15) is 0 Å². The van der Waals surface area contributed by atoms with Crippen molar-refractivity contribution in [3.8, 4) is 17.2 Å². The van der Waals surface area contributed by atoms with Gasteiger partial charge in [0.05, 0.1) is 12.8 Å². The number of hydrogen-bond acceptors (Lipinski definition) is 4. The van der Waals surface area contributed by atoms with Crippen molar-refractivity contribution < 1.29 is 9.15 Å². The number of aromatic nitrogens is 1. The van der Waals surface area contributed by atoms with Gasteiger partial charge in [-0.25, -0.2) is 4.98 Å². The van der Waals surface area contributed by atoms with Gasteiger partial charge in [0.2, 0.25) is 5.89 Å². The molecule has 17 heavy (non-hydrogen) atoms. The first-order valence-electron chi connectivity index (χ1n) is 5.70. The standard InChI is InChI=1S/C13H14N2O2/c1-16-10-4-2-3-9(7-10)13-15-11-8-14-6-5-12(11)17-13/h2-4,7,14H,5-6,8H2,1H3. The molecular formula is C13H14N2O2. The second kappa shape index (κ2) is 4.22. The van der Waals surface area contributed by atoms with Crippen LogP contribution in [0, 0.1) is 0 Å². The Morgan fingerprint density at radius 2 is 2.35 bits per heavy atom. The van der Waals surface area contributed by atoms with Gasteiger partial charge in [-0.3, -0.25) is 0 Å². The summed E-state index contributed by atoms with van der Waals surface area (Å²) in [5.74, 6) is 2.50. The van der Waals surface area contributed by atoms with E-state index in [-0.39, 0.29) is 0 Å². The van der Waals surface area contributed by atoms with Gasteiger partial charge in [-0.2, -0.15) is 0 Å². The summed E-state index contributed by atoms with van der Waals surface area (Å²) in [4.78, 5) is 4.51. The van der Waals surface area contributed by atoms with Gasteiger partial charge in [0, 0.05) is 25.1 Å². The van der Waals surface area contributed by atoms with E-state index in [1.807, 2.05) is 24.3 Å². The number of oxazole rings is 1. The minimum absolute atomic E-state index is 0.678. The van der Waals surface area contributed by atoms with Crippen molar-refractivity contribution in [2.45, 2.75) is 13.0 Å². The highest BCUT2D eigenvalue weighted by atomic mass is 16.5. The summed E-state index contributed by atoms with van der Waals surface area (Å²) in [6.07, 6.45) is 0.909. The molecule has 0 saturated heterocycles. The maximum atomic E-state index is 5.78. The van der Waals surface area contributed by atoms with E-state index in [2.05, 4.69) is 10.3 Å². The predicted molar refractivity (Wildman–Crippen MR) is 63.9 cm³/mol. The lowest BCUT2D eigenvalue weighted by molar-refractivity contribution is 0.414.